The summed E-state index contributed by atoms with van der Waals surface area (Å²) in [4.78, 5) is 12.3. The Labute approximate surface area is 151 Å². The van der Waals surface area contributed by atoms with Gasteiger partial charge in [0.2, 0.25) is 5.91 Å². The zero-order valence-corrected chi connectivity index (χ0v) is 15.1. The Morgan fingerprint density at radius 3 is 2.24 bits per heavy atom. The van der Waals surface area contributed by atoms with Crippen molar-refractivity contribution in [2.24, 2.45) is 0 Å². The van der Waals surface area contributed by atoms with Crippen LogP contribution in [0.15, 0.2) is 42.5 Å². The van der Waals surface area contributed by atoms with Gasteiger partial charge in [-0.05, 0) is 44.5 Å². The fraction of sp³-hybridized carbons (Fsp3) is 0.316. The highest BCUT2D eigenvalue weighted by atomic mass is 35.5. The highest BCUT2D eigenvalue weighted by molar-refractivity contribution is 6.30. The van der Waals surface area contributed by atoms with Crippen LogP contribution in [0.2, 0.25) is 5.02 Å². The number of nitrogens with one attached hydrogen (secondary N) is 2. The summed E-state index contributed by atoms with van der Waals surface area (Å²) in [6.45, 7) is 5.29. The molecule has 2 aromatic rings. The van der Waals surface area contributed by atoms with Gasteiger partial charge in [0.15, 0.2) is 0 Å². The van der Waals surface area contributed by atoms with Gasteiger partial charge in [-0.15, -0.1) is 0 Å². The van der Waals surface area contributed by atoms with Gasteiger partial charge in [0.25, 0.3) is 0 Å². The minimum atomic E-state index is -0.637. The number of hydrogen-bond acceptors (Lipinski definition) is 2. The Kier molecular flexibility index (Phi) is 6.51. The molecule has 0 aliphatic carbocycles. The topological polar surface area (TPSA) is 41.1 Å². The molecule has 2 aromatic carbocycles. The molecule has 0 aromatic heterocycles. The van der Waals surface area contributed by atoms with Gasteiger partial charge < -0.3 is 5.32 Å². The van der Waals surface area contributed by atoms with E-state index in [9.17, 15) is 13.6 Å². The summed E-state index contributed by atoms with van der Waals surface area (Å²) in [5.74, 6) is -1.48. The van der Waals surface area contributed by atoms with Crippen molar-refractivity contribution in [2.75, 3.05) is 0 Å². The average Bonchev–Trinajstić information content (AvgIpc) is 2.55. The third kappa shape index (κ3) is 5.25. The SMILES string of the molecule is CC(NC(C)c1ccc(F)cc1F)C(=O)NC(C)c1ccc(Cl)cc1. The molecule has 2 rings (SSSR count). The first-order valence-electron chi connectivity index (χ1n) is 8.04. The van der Waals surface area contributed by atoms with E-state index in [0.29, 0.717) is 10.6 Å². The van der Waals surface area contributed by atoms with Crippen molar-refractivity contribution in [3.05, 3.63) is 70.2 Å². The zero-order chi connectivity index (χ0) is 18.6. The summed E-state index contributed by atoms with van der Waals surface area (Å²) in [5, 5.41) is 6.56. The van der Waals surface area contributed by atoms with E-state index in [1.165, 1.54) is 12.1 Å². The third-order valence-corrected chi connectivity index (χ3v) is 4.30. The summed E-state index contributed by atoms with van der Waals surface area (Å²) in [7, 11) is 0. The maximum absolute atomic E-state index is 13.8. The van der Waals surface area contributed by atoms with Gasteiger partial charge in [-0.2, -0.15) is 0 Å². The van der Waals surface area contributed by atoms with Crippen LogP contribution in [0.3, 0.4) is 0 Å². The molecular weight excluding hydrogens is 346 g/mol. The van der Waals surface area contributed by atoms with Gasteiger partial charge in [-0.3, -0.25) is 10.1 Å². The van der Waals surface area contributed by atoms with Crippen LogP contribution in [0.5, 0.6) is 0 Å². The molecule has 3 nitrogen and oxygen atoms in total. The highest BCUT2D eigenvalue weighted by Crippen LogP contribution is 2.19. The van der Waals surface area contributed by atoms with E-state index in [-0.39, 0.29) is 11.9 Å². The van der Waals surface area contributed by atoms with Crippen molar-refractivity contribution in [1.82, 2.24) is 10.6 Å². The maximum Gasteiger partial charge on any atom is 0.237 e. The Hall–Kier alpha value is -1.98. The fourth-order valence-corrected chi connectivity index (χ4v) is 2.69. The molecule has 6 heteroatoms. The number of benzene rings is 2. The van der Waals surface area contributed by atoms with Crippen molar-refractivity contribution in [2.45, 2.75) is 38.9 Å². The lowest BCUT2D eigenvalue weighted by Gasteiger charge is -2.22. The zero-order valence-electron chi connectivity index (χ0n) is 14.3. The largest absolute Gasteiger partial charge is 0.348 e. The van der Waals surface area contributed by atoms with Crippen LogP contribution in [0.4, 0.5) is 8.78 Å². The van der Waals surface area contributed by atoms with E-state index >= 15 is 0 Å². The minimum Gasteiger partial charge on any atom is -0.348 e. The third-order valence-electron chi connectivity index (χ3n) is 4.05. The van der Waals surface area contributed by atoms with Crippen LogP contribution in [0.25, 0.3) is 0 Å². The monoisotopic (exact) mass is 366 g/mol. The Morgan fingerprint density at radius 2 is 1.64 bits per heavy atom. The van der Waals surface area contributed by atoms with Crippen molar-refractivity contribution in [3.63, 3.8) is 0 Å². The summed E-state index contributed by atoms with van der Waals surface area (Å²) in [6, 6.07) is 9.47. The summed E-state index contributed by atoms with van der Waals surface area (Å²) in [6.07, 6.45) is 0. The van der Waals surface area contributed by atoms with Crippen molar-refractivity contribution in [3.8, 4) is 0 Å². The van der Waals surface area contributed by atoms with E-state index in [2.05, 4.69) is 10.6 Å². The van der Waals surface area contributed by atoms with Crippen LogP contribution >= 0.6 is 11.6 Å². The molecule has 0 heterocycles. The minimum absolute atomic E-state index is 0.188. The van der Waals surface area contributed by atoms with Gasteiger partial charge in [-0.1, -0.05) is 29.8 Å². The van der Waals surface area contributed by atoms with E-state index in [0.717, 1.165) is 11.6 Å². The van der Waals surface area contributed by atoms with Gasteiger partial charge >= 0.3 is 0 Å². The first-order chi connectivity index (χ1) is 11.8. The van der Waals surface area contributed by atoms with Gasteiger partial charge in [0.1, 0.15) is 11.6 Å². The molecule has 25 heavy (non-hydrogen) atoms. The van der Waals surface area contributed by atoms with E-state index in [4.69, 9.17) is 11.6 Å². The maximum atomic E-state index is 13.8. The van der Waals surface area contributed by atoms with Crippen molar-refractivity contribution >= 4 is 17.5 Å². The molecule has 3 unspecified atom stereocenters. The smallest absolute Gasteiger partial charge is 0.237 e. The molecule has 0 spiro atoms. The molecule has 3 atom stereocenters. The molecule has 134 valence electrons. The quantitative estimate of drug-likeness (QED) is 0.788. The molecule has 0 bridgehead atoms. The van der Waals surface area contributed by atoms with E-state index in [1.54, 1.807) is 26.0 Å². The first kappa shape index (κ1) is 19.3. The molecule has 2 N–H and O–H groups in total. The number of hydrogen-bond donors (Lipinski definition) is 2. The normalized spacial score (nSPS) is 14.6. The second-order valence-corrected chi connectivity index (χ2v) is 6.49. The second-order valence-electron chi connectivity index (χ2n) is 6.06. The van der Waals surface area contributed by atoms with Crippen LogP contribution in [0.1, 0.15) is 44.0 Å². The fourth-order valence-electron chi connectivity index (χ4n) is 2.57. The molecule has 0 radical (unpaired) electrons. The first-order valence-corrected chi connectivity index (χ1v) is 8.42. The molecule has 0 fully saturated rings. The van der Waals surface area contributed by atoms with Crippen molar-refractivity contribution < 1.29 is 13.6 Å². The van der Waals surface area contributed by atoms with Gasteiger partial charge in [0.05, 0.1) is 12.1 Å². The molecular formula is C19H21ClF2N2O. The lowest BCUT2D eigenvalue weighted by atomic mass is 10.1. The molecule has 0 aliphatic heterocycles. The number of carbonyl (C=O) groups is 1. The lowest BCUT2D eigenvalue weighted by Crippen LogP contribution is -2.44. The van der Waals surface area contributed by atoms with E-state index < -0.39 is 23.7 Å². The Bertz CT molecular complexity index is 737. The summed E-state index contributed by atoms with van der Waals surface area (Å²) < 4.78 is 26.8. The van der Waals surface area contributed by atoms with Crippen LogP contribution < -0.4 is 10.6 Å². The average molecular weight is 367 g/mol. The summed E-state index contributed by atoms with van der Waals surface area (Å²) in [5.41, 5.74) is 1.24. The number of carbonyl (C=O) groups excluding carboxylic acids is 1. The molecule has 0 aliphatic rings. The predicted octanol–water partition coefficient (Wildman–Crippen LogP) is 4.53. The highest BCUT2D eigenvalue weighted by Gasteiger charge is 2.20. The molecule has 0 saturated carbocycles. The Balaban J connectivity index is 1.96. The number of halogens is 3. The number of amides is 1. The van der Waals surface area contributed by atoms with Crippen LogP contribution in [0, 0.1) is 11.6 Å². The van der Waals surface area contributed by atoms with E-state index in [1.807, 2.05) is 19.1 Å². The summed E-state index contributed by atoms with van der Waals surface area (Å²) >= 11 is 5.86. The lowest BCUT2D eigenvalue weighted by molar-refractivity contribution is -0.123. The van der Waals surface area contributed by atoms with Crippen LogP contribution in [-0.2, 0) is 4.79 Å². The Morgan fingerprint density at radius 1 is 1.00 bits per heavy atom. The van der Waals surface area contributed by atoms with Gasteiger partial charge in [0, 0.05) is 22.7 Å². The van der Waals surface area contributed by atoms with Gasteiger partial charge in [-0.25, -0.2) is 8.78 Å². The van der Waals surface area contributed by atoms with Crippen molar-refractivity contribution in [1.29, 1.82) is 0 Å². The van der Waals surface area contributed by atoms with Crippen LogP contribution in [-0.4, -0.2) is 11.9 Å². The molecule has 1 amide bonds. The predicted molar refractivity (Wildman–Crippen MR) is 95.4 cm³/mol. The standard InChI is InChI=1S/C19H21ClF2N2O/c1-11(14-4-6-15(20)7-5-14)24-19(25)13(3)23-12(2)17-9-8-16(21)10-18(17)22/h4-13,23H,1-3H3,(H,24,25). The number of rotatable bonds is 6. The second kappa shape index (κ2) is 8.41. The molecule has 0 saturated heterocycles.